The fourth-order valence-corrected chi connectivity index (χ4v) is 2.96. The number of carbonyl (C=O) groups is 2. The van der Waals surface area contributed by atoms with Crippen LogP contribution in [0.1, 0.15) is 37.6 Å². The van der Waals surface area contributed by atoms with Crippen LogP contribution in [0.5, 0.6) is 5.75 Å². The fourth-order valence-electron chi connectivity index (χ4n) is 2.96. The summed E-state index contributed by atoms with van der Waals surface area (Å²) in [6, 6.07) is 14.5. The molecule has 26 heavy (non-hydrogen) atoms. The van der Waals surface area contributed by atoms with Gasteiger partial charge in [-0.05, 0) is 50.6 Å². The van der Waals surface area contributed by atoms with Crippen molar-refractivity contribution in [2.45, 2.75) is 27.2 Å². The Hall–Kier alpha value is -2.82. The van der Waals surface area contributed by atoms with E-state index in [4.69, 9.17) is 4.74 Å². The molecule has 2 aromatic carbocycles. The van der Waals surface area contributed by atoms with Gasteiger partial charge in [0.05, 0.1) is 11.1 Å². The highest BCUT2D eigenvalue weighted by Gasteiger charge is 2.37. The molecule has 0 fully saturated rings. The standard InChI is InChI=1S/C21H24N2O3/c1-4-12-23-17-13-16(22-19(24)15-8-6-5-7-9-15)10-11-18(17)26-14-21(2,3)20(23)25/h5-11,13H,4,12,14H2,1-3H3,(H,22,24). The molecule has 0 bridgehead atoms. The van der Waals surface area contributed by atoms with Crippen molar-refractivity contribution in [2.75, 3.05) is 23.4 Å². The molecule has 2 aromatic rings. The van der Waals surface area contributed by atoms with Gasteiger partial charge < -0.3 is 15.0 Å². The molecule has 0 saturated heterocycles. The lowest BCUT2D eigenvalue weighted by Gasteiger charge is -2.27. The molecule has 0 aromatic heterocycles. The minimum Gasteiger partial charge on any atom is -0.490 e. The molecule has 0 saturated carbocycles. The van der Waals surface area contributed by atoms with Crippen molar-refractivity contribution in [3.05, 3.63) is 54.1 Å². The van der Waals surface area contributed by atoms with Gasteiger partial charge in [-0.1, -0.05) is 25.1 Å². The van der Waals surface area contributed by atoms with E-state index >= 15 is 0 Å². The van der Waals surface area contributed by atoms with Crippen LogP contribution in [0.15, 0.2) is 48.5 Å². The van der Waals surface area contributed by atoms with Crippen molar-refractivity contribution >= 4 is 23.2 Å². The fraction of sp³-hybridized carbons (Fsp3) is 0.333. The van der Waals surface area contributed by atoms with Crippen LogP contribution in [0.3, 0.4) is 0 Å². The van der Waals surface area contributed by atoms with E-state index < -0.39 is 5.41 Å². The van der Waals surface area contributed by atoms with Gasteiger partial charge in [-0.25, -0.2) is 0 Å². The Balaban J connectivity index is 1.92. The number of hydrogen-bond acceptors (Lipinski definition) is 3. The minimum atomic E-state index is -0.596. The molecule has 136 valence electrons. The molecule has 1 aliphatic heterocycles. The normalized spacial score (nSPS) is 15.7. The van der Waals surface area contributed by atoms with Gasteiger partial charge in [-0.15, -0.1) is 0 Å². The van der Waals surface area contributed by atoms with E-state index in [2.05, 4.69) is 5.32 Å². The third-order valence-corrected chi connectivity index (χ3v) is 4.40. The third-order valence-electron chi connectivity index (χ3n) is 4.40. The van der Waals surface area contributed by atoms with Gasteiger partial charge in [0.1, 0.15) is 12.4 Å². The van der Waals surface area contributed by atoms with E-state index in [1.54, 1.807) is 23.1 Å². The maximum atomic E-state index is 12.9. The second-order valence-electron chi connectivity index (χ2n) is 7.13. The largest absolute Gasteiger partial charge is 0.490 e. The van der Waals surface area contributed by atoms with Crippen molar-refractivity contribution in [3.63, 3.8) is 0 Å². The first kappa shape index (κ1) is 18.0. The number of hydrogen-bond donors (Lipinski definition) is 1. The van der Waals surface area contributed by atoms with Gasteiger partial charge >= 0.3 is 0 Å². The highest BCUT2D eigenvalue weighted by molar-refractivity contribution is 6.05. The molecule has 0 aliphatic carbocycles. The van der Waals surface area contributed by atoms with Gasteiger partial charge in [-0.3, -0.25) is 9.59 Å². The monoisotopic (exact) mass is 352 g/mol. The zero-order valence-corrected chi connectivity index (χ0v) is 15.4. The first-order valence-electron chi connectivity index (χ1n) is 8.87. The molecule has 5 nitrogen and oxygen atoms in total. The maximum Gasteiger partial charge on any atom is 0.255 e. The first-order valence-corrected chi connectivity index (χ1v) is 8.87. The van der Waals surface area contributed by atoms with Crippen molar-refractivity contribution in [1.29, 1.82) is 0 Å². The Bertz CT molecular complexity index is 815. The van der Waals surface area contributed by atoms with Gasteiger partial charge in [0.25, 0.3) is 5.91 Å². The number of nitrogens with one attached hydrogen (secondary N) is 1. The SMILES string of the molecule is CCCN1C(=O)C(C)(C)COc2ccc(NC(=O)c3ccccc3)cc21. The second-order valence-corrected chi connectivity index (χ2v) is 7.13. The number of ether oxygens (including phenoxy) is 1. The zero-order valence-electron chi connectivity index (χ0n) is 15.4. The molecule has 2 amide bonds. The van der Waals surface area contributed by atoms with E-state index in [0.717, 1.165) is 6.42 Å². The average Bonchev–Trinajstić information content (AvgIpc) is 2.73. The molecule has 5 heteroatoms. The van der Waals surface area contributed by atoms with E-state index in [9.17, 15) is 9.59 Å². The maximum absolute atomic E-state index is 12.9. The summed E-state index contributed by atoms with van der Waals surface area (Å²) in [6.45, 7) is 6.75. The summed E-state index contributed by atoms with van der Waals surface area (Å²) >= 11 is 0. The van der Waals surface area contributed by atoms with Gasteiger partial charge in [0, 0.05) is 17.8 Å². The summed E-state index contributed by atoms with van der Waals surface area (Å²) in [5.41, 5.74) is 1.33. The summed E-state index contributed by atoms with van der Waals surface area (Å²) in [4.78, 5) is 27.1. The molecule has 0 spiro atoms. The molecular formula is C21H24N2O3. The molecule has 3 rings (SSSR count). The van der Waals surface area contributed by atoms with Crippen molar-refractivity contribution in [2.24, 2.45) is 5.41 Å². The van der Waals surface area contributed by atoms with Crippen molar-refractivity contribution in [1.82, 2.24) is 0 Å². The summed E-state index contributed by atoms with van der Waals surface area (Å²) in [5.74, 6) is 0.508. The van der Waals surface area contributed by atoms with Crippen LogP contribution in [-0.2, 0) is 4.79 Å². The summed E-state index contributed by atoms with van der Waals surface area (Å²) < 4.78 is 5.88. The highest BCUT2D eigenvalue weighted by atomic mass is 16.5. The van der Waals surface area contributed by atoms with Crippen LogP contribution in [0.2, 0.25) is 0 Å². The Morgan fingerprint density at radius 1 is 1.19 bits per heavy atom. The molecule has 1 heterocycles. The summed E-state index contributed by atoms with van der Waals surface area (Å²) in [7, 11) is 0. The predicted octanol–water partition coefficient (Wildman–Crippen LogP) is 4.10. The molecule has 0 radical (unpaired) electrons. The zero-order chi connectivity index (χ0) is 18.7. The van der Waals surface area contributed by atoms with E-state index in [1.807, 2.05) is 51.1 Å². The summed E-state index contributed by atoms with van der Waals surface area (Å²) in [5, 5.41) is 2.89. The van der Waals surface area contributed by atoms with Crippen molar-refractivity contribution in [3.8, 4) is 5.75 Å². The van der Waals surface area contributed by atoms with Gasteiger partial charge in [0.2, 0.25) is 5.91 Å². The van der Waals surface area contributed by atoms with E-state index in [1.165, 1.54) is 0 Å². The molecule has 0 atom stereocenters. The topological polar surface area (TPSA) is 58.6 Å². The van der Waals surface area contributed by atoms with Gasteiger partial charge in [-0.2, -0.15) is 0 Å². The van der Waals surface area contributed by atoms with Crippen LogP contribution in [-0.4, -0.2) is 25.0 Å². The Morgan fingerprint density at radius 3 is 2.62 bits per heavy atom. The third kappa shape index (κ3) is 3.57. The number of anilines is 2. The molecule has 0 unspecified atom stereocenters. The van der Waals surface area contributed by atoms with E-state index in [0.29, 0.717) is 35.8 Å². The molecule has 1 N–H and O–H groups in total. The van der Waals surface area contributed by atoms with Crippen LogP contribution < -0.4 is 15.0 Å². The van der Waals surface area contributed by atoms with Crippen LogP contribution >= 0.6 is 0 Å². The van der Waals surface area contributed by atoms with Crippen molar-refractivity contribution < 1.29 is 14.3 Å². The molecular weight excluding hydrogens is 328 g/mol. The number of rotatable bonds is 4. The lowest BCUT2D eigenvalue weighted by Crippen LogP contribution is -2.42. The minimum absolute atomic E-state index is 0.0321. The number of carbonyl (C=O) groups excluding carboxylic acids is 2. The van der Waals surface area contributed by atoms with Crippen LogP contribution in [0, 0.1) is 5.41 Å². The lowest BCUT2D eigenvalue weighted by atomic mass is 9.93. The summed E-state index contributed by atoms with van der Waals surface area (Å²) in [6.07, 6.45) is 0.835. The number of fused-ring (bicyclic) bond motifs is 1. The second kappa shape index (κ2) is 7.20. The Labute approximate surface area is 154 Å². The quantitative estimate of drug-likeness (QED) is 0.901. The predicted molar refractivity (Wildman–Crippen MR) is 103 cm³/mol. The van der Waals surface area contributed by atoms with E-state index in [-0.39, 0.29) is 11.8 Å². The van der Waals surface area contributed by atoms with Gasteiger partial charge in [0.15, 0.2) is 0 Å². The van der Waals surface area contributed by atoms with Crippen LogP contribution in [0.25, 0.3) is 0 Å². The average molecular weight is 352 g/mol. The molecule has 1 aliphatic rings. The Kier molecular flexibility index (Phi) is 4.98. The number of amides is 2. The number of benzene rings is 2. The highest BCUT2D eigenvalue weighted by Crippen LogP contribution is 2.38. The Morgan fingerprint density at radius 2 is 1.92 bits per heavy atom. The van der Waals surface area contributed by atoms with Crippen LogP contribution in [0.4, 0.5) is 11.4 Å². The first-order chi connectivity index (χ1) is 12.4. The number of nitrogens with zero attached hydrogens (tertiary/aromatic N) is 1. The smallest absolute Gasteiger partial charge is 0.255 e. The lowest BCUT2D eigenvalue weighted by molar-refractivity contribution is -0.127.